The van der Waals surface area contributed by atoms with Crippen LogP contribution in [0.5, 0.6) is 5.75 Å². The summed E-state index contributed by atoms with van der Waals surface area (Å²) in [5.41, 5.74) is 3.45. The maximum atomic E-state index is 12.9. The van der Waals surface area contributed by atoms with Gasteiger partial charge < -0.3 is 5.11 Å². The van der Waals surface area contributed by atoms with Gasteiger partial charge in [-0.05, 0) is 48.2 Å². The minimum Gasteiger partial charge on any atom is -0.507 e. The Labute approximate surface area is 156 Å². The summed E-state index contributed by atoms with van der Waals surface area (Å²) in [6.07, 6.45) is -3.87. The number of benzene rings is 2. The molecule has 27 heavy (non-hydrogen) atoms. The molecule has 0 aliphatic heterocycles. The van der Waals surface area contributed by atoms with Crippen molar-refractivity contribution in [2.75, 3.05) is 0 Å². The number of aromatic hydroxyl groups is 1. The third-order valence-electron chi connectivity index (χ3n) is 4.94. The zero-order chi connectivity index (χ0) is 19.9. The van der Waals surface area contributed by atoms with Crippen LogP contribution >= 0.6 is 0 Å². The van der Waals surface area contributed by atoms with E-state index in [0.29, 0.717) is 11.8 Å². The first-order chi connectivity index (χ1) is 12.6. The van der Waals surface area contributed by atoms with Crippen molar-refractivity contribution in [2.45, 2.75) is 46.2 Å². The Kier molecular flexibility index (Phi) is 4.89. The lowest BCUT2D eigenvalue weighted by Crippen LogP contribution is -2.06. The molecule has 0 saturated heterocycles. The summed E-state index contributed by atoms with van der Waals surface area (Å²) >= 11 is 0. The minimum absolute atomic E-state index is 0.153. The maximum absolute atomic E-state index is 12.9. The van der Waals surface area contributed by atoms with Crippen molar-refractivity contribution in [2.24, 2.45) is 0 Å². The zero-order valence-electron chi connectivity index (χ0n) is 15.8. The topological polar surface area (TPSA) is 33.1 Å². The predicted molar refractivity (Wildman–Crippen MR) is 101 cm³/mol. The molecule has 5 heteroatoms. The molecule has 0 bridgehead atoms. The monoisotopic (exact) mass is 373 g/mol. The van der Waals surface area contributed by atoms with Crippen LogP contribution < -0.4 is 0 Å². The Balaban J connectivity index is 2.04. The van der Waals surface area contributed by atoms with E-state index in [1.54, 1.807) is 12.1 Å². The van der Waals surface area contributed by atoms with Crippen LogP contribution in [0.2, 0.25) is 0 Å². The first kappa shape index (κ1) is 19.2. The lowest BCUT2D eigenvalue weighted by molar-refractivity contribution is -0.137. The number of hydrogen-bond donors (Lipinski definition) is 1. The van der Waals surface area contributed by atoms with Crippen molar-refractivity contribution < 1.29 is 18.3 Å². The molecule has 142 valence electrons. The summed E-state index contributed by atoms with van der Waals surface area (Å²) < 4.78 is 38.6. The van der Waals surface area contributed by atoms with Crippen LogP contribution in [0.1, 0.15) is 53.4 Å². The van der Waals surface area contributed by atoms with E-state index in [4.69, 9.17) is 0 Å². The molecule has 3 aromatic rings. The van der Waals surface area contributed by atoms with Crippen molar-refractivity contribution in [1.29, 1.82) is 0 Å². The van der Waals surface area contributed by atoms with Crippen LogP contribution in [0.4, 0.5) is 13.2 Å². The molecule has 0 fully saturated rings. The van der Waals surface area contributed by atoms with Gasteiger partial charge in [-0.3, -0.25) is 4.98 Å². The molecule has 0 aliphatic carbocycles. The fourth-order valence-electron chi connectivity index (χ4n) is 3.29. The number of pyridine rings is 1. The van der Waals surface area contributed by atoms with Crippen LogP contribution in [0.15, 0.2) is 36.4 Å². The van der Waals surface area contributed by atoms with E-state index in [-0.39, 0.29) is 11.7 Å². The zero-order valence-corrected chi connectivity index (χ0v) is 15.8. The number of hydrogen-bond acceptors (Lipinski definition) is 2. The molecular formula is C22H22F3NO. The molecule has 2 aromatic carbocycles. The average Bonchev–Trinajstić information content (AvgIpc) is 2.60. The van der Waals surface area contributed by atoms with Gasteiger partial charge in [0.2, 0.25) is 0 Å². The highest BCUT2D eigenvalue weighted by Crippen LogP contribution is 2.34. The van der Waals surface area contributed by atoms with E-state index >= 15 is 0 Å². The van der Waals surface area contributed by atoms with Crippen LogP contribution in [-0.4, -0.2) is 10.1 Å². The van der Waals surface area contributed by atoms with E-state index in [9.17, 15) is 18.3 Å². The lowest BCUT2D eigenvalue weighted by atomic mass is 9.93. The molecule has 0 aliphatic rings. The second-order valence-electron chi connectivity index (χ2n) is 7.26. The first-order valence-corrected chi connectivity index (χ1v) is 8.86. The van der Waals surface area contributed by atoms with Crippen molar-refractivity contribution in [3.05, 3.63) is 70.0 Å². The van der Waals surface area contributed by atoms with Crippen molar-refractivity contribution in [3.8, 4) is 5.75 Å². The van der Waals surface area contributed by atoms with E-state index in [1.165, 1.54) is 6.07 Å². The summed E-state index contributed by atoms with van der Waals surface area (Å²) in [7, 11) is 0. The molecule has 1 heterocycles. The van der Waals surface area contributed by atoms with Crippen molar-refractivity contribution >= 4 is 10.8 Å². The summed E-state index contributed by atoms with van der Waals surface area (Å²) in [5, 5.41) is 11.9. The molecule has 0 atom stereocenters. The number of aromatic nitrogens is 1. The van der Waals surface area contributed by atoms with Gasteiger partial charge in [-0.15, -0.1) is 0 Å². The molecule has 2 nitrogen and oxygen atoms in total. The van der Waals surface area contributed by atoms with Gasteiger partial charge in [-0.2, -0.15) is 13.2 Å². The number of nitrogens with zero attached hydrogens (tertiary/aromatic N) is 1. The first-order valence-electron chi connectivity index (χ1n) is 8.86. The van der Waals surface area contributed by atoms with Crippen LogP contribution in [0.25, 0.3) is 10.8 Å². The van der Waals surface area contributed by atoms with E-state index in [1.807, 2.05) is 33.8 Å². The fraction of sp³-hybridized carbons (Fsp3) is 0.318. The van der Waals surface area contributed by atoms with Gasteiger partial charge in [0.25, 0.3) is 0 Å². The van der Waals surface area contributed by atoms with E-state index in [0.717, 1.165) is 45.6 Å². The van der Waals surface area contributed by atoms with E-state index < -0.39 is 11.7 Å². The number of aryl methyl sites for hydroxylation is 1. The Hall–Kier alpha value is -2.56. The molecule has 0 spiro atoms. The van der Waals surface area contributed by atoms with Crippen molar-refractivity contribution in [3.63, 3.8) is 0 Å². The molecule has 0 amide bonds. The van der Waals surface area contributed by atoms with E-state index in [2.05, 4.69) is 4.98 Å². The number of fused-ring (bicyclic) bond motifs is 1. The number of alkyl halides is 3. The normalized spacial score (nSPS) is 12.1. The Morgan fingerprint density at radius 1 is 1.00 bits per heavy atom. The van der Waals surface area contributed by atoms with Gasteiger partial charge in [0.15, 0.2) is 0 Å². The standard InChI is InChI=1S/C22H22F3NO/c1-12(2)20-19(21(27)13(3)14(4)26-20)10-15-5-6-17-11-18(22(23,24)25)8-7-16(17)9-15/h5-9,11-12H,10H2,1-4H3,(H,26,27). The van der Waals surface area contributed by atoms with Gasteiger partial charge in [-0.1, -0.05) is 38.1 Å². The quantitative estimate of drug-likeness (QED) is 0.585. The minimum atomic E-state index is -4.35. The van der Waals surface area contributed by atoms with Crippen molar-refractivity contribution in [1.82, 2.24) is 4.98 Å². The highest BCUT2D eigenvalue weighted by molar-refractivity contribution is 5.84. The smallest absolute Gasteiger partial charge is 0.416 e. The van der Waals surface area contributed by atoms with Crippen LogP contribution in [-0.2, 0) is 12.6 Å². The maximum Gasteiger partial charge on any atom is 0.416 e. The summed E-state index contributed by atoms with van der Waals surface area (Å²) in [4.78, 5) is 4.65. The molecule has 1 aromatic heterocycles. The number of halogens is 3. The summed E-state index contributed by atoms with van der Waals surface area (Å²) in [5.74, 6) is 0.402. The summed E-state index contributed by atoms with van der Waals surface area (Å²) in [6, 6.07) is 9.12. The molecule has 0 radical (unpaired) electrons. The second kappa shape index (κ2) is 6.87. The molecule has 1 N–H and O–H groups in total. The third kappa shape index (κ3) is 3.77. The van der Waals surface area contributed by atoms with Crippen LogP contribution in [0, 0.1) is 13.8 Å². The predicted octanol–water partition coefficient (Wildman–Crippen LogP) is 6.29. The largest absolute Gasteiger partial charge is 0.507 e. The lowest BCUT2D eigenvalue weighted by Gasteiger charge is -2.17. The Morgan fingerprint density at radius 2 is 1.63 bits per heavy atom. The average molecular weight is 373 g/mol. The third-order valence-corrected chi connectivity index (χ3v) is 4.94. The second-order valence-corrected chi connectivity index (χ2v) is 7.26. The molecule has 0 saturated carbocycles. The highest BCUT2D eigenvalue weighted by atomic mass is 19.4. The SMILES string of the molecule is Cc1nc(C(C)C)c(Cc2ccc3cc(C(F)(F)F)ccc3c2)c(O)c1C. The van der Waals surface area contributed by atoms with Gasteiger partial charge in [-0.25, -0.2) is 0 Å². The van der Waals surface area contributed by atoms with Gasteiger partial charge in [0, 0.05) is 23.2 Å². The van der Waals surface area contributed by atoms with Gasteiger partial charge in [0.05, 0.1) is 11.3 Å². The summed E-state index contributed by atoms with van der Waals surface area (Å²) in [6.45, 7) is 7.77. The van der Waals surface area contributed by atoms with Crippen LogP contribution in [0.3, 0.4) is 0 Å². The Bertz CT molecular complexity index is 1010. The Morgan fingerprint density at radius 3 is 2.26 bits per heavy atom. The fourth-order valence-corrected chi connectivity index (χ4v) is 3.29. The van der Waals surface area contributed by atoms with Gasteiger partial charge in [0.1, 0.15) is 5.75 Å². The molecule has 0 unspecified atom stereocenters. The number of rotatable bonds is 3. The van der Waals surface area contributed by atoms with Gasteiger partial charge >= 0.3 is 6.18 Å². The highest BCUT2D eigenvalue weighted by Gasteiger charge is 2.30. The molecular weight excluding hydrogens is 351 g/mol. The molecule has 3 rings (SSSR count).